The third-order valence-electron chi connectivity index (χ3n) is 2.75. The molecule has 0 saturated heterocycles. The van der Waals surface area contributed by atoms with Crippen LogP contribution >= 0.6 is 11.6 Å². The highest BCUT2D eigenvalue weighted by Gasteiger charge is 2.08. The summed E-state index contributed by atoms with van der Waals surface area (Å²) < 4.78 is 33.0. The molecule has 0 saturated carbocycles. The quantitative estimate of drug-likeness (QED) is 0.840. The van der Waals surface area contributed by atoms with Gasteiger partial charge in [-0.3, -0.25) is 9.40 Å². The molecular weight excluding hydrogens is 326 g/mol. The Morgan fingerprint density at radius 2 is 2.18 bits per heavy atom. The lowest BCUT2D eigenvalue weighted by Crippen LogP contribution is -2.08. The summed E-state index contributed by atoms with van der Waals surface area (Å²) in [5, 5.41) is 5.59. The number of anilines is 1. The monoisotopic (exact) mass is 341 g/mol. The van der Waals surface area contributed by atoms with Gasteiger partial charge in [0.2, 0.25) is 0 Å². The number of hydrogen-bond acceptors (Lipinski definition) is 4. The van der Waals surface area contributed by atoms with Crippen molar-refractivity contribution in [3.8, 4) is 0 Å². The summed E-state index contributed by atoms with van der Waals surface area (Å²) in [6.07, 6.45) is 4.48. The van der Waals surface area contributed by atoms with Crippen molar-refractivity contribution < 1.29 is 13.2 Å². The van der Waals surface area contributed by atoms with Crippen molar-refractivity contribution in [3.63, 3.8) is 0 Å². The third kappa shape index (κ3) is 4.87. The number of ether oxygens (including phenoxy) is 1. The zero-order valence-electron chi connectivity index (χ0n) is 11.9. The van der Waals surface area contributed by atoms with E-state index in [-0.39, 0.29) is 0 Å². The summed E-state index contributed by atoms with van der Waals surface area (Å²) in [6, 6.07) is 6.99. The van der Waals surface area contributed by atoms with Gasteiger partial charge in [-0.1, -0.05) is 29.8 Å². The lowest BCUT2D eigenvalue weighted by Gasteiger charge is -2.01. The Kier molecular flexibility index (Phi) is 5.59. The standard InChI is InChI=1S/C14H16ClN3O3S/c1-21-8-7-18-11-13(10-16-18)17-22(19,20)9-6-12-4-2-3-5-14(12)15/h2-6,9-11,17H,7-8H2,1H3/b9-6+. The molecule has 0 atom stereocenters. The second kappa shape index (κ2) is 7.44. The number of sulfonamides is 1. The van der Waals surface area contributed by atoms with Crippen LogP contribution < -0.4 is 4.72 Å². The van der Waals surface area contributed by atoms with Gasteiger partial charge >= 0.3 is 0 Å². The highest BCUT2D eigenvalue weighted by molar-refractivity contribution is 7.95. The molecule has 8 heteroatoms. The van der Waals surface area contributed by atoms with Crippen LogP contribution in [0.4, 0.5) is 5.69 Å². The molecule has 0 fully saturated rings. The van der Waals surface area contributed by atoms with E-state index in [4.69, 9.17) is 16.3 Å². The number of rotatable bonds is 7. The maximum atomic E-state index is 12.0. The highest BCUT2D eigenvalue weighted by atomic mass is 35.5. The zero-order chi connectivity index (χ0) is 16.0. The Hall–Kier alpha value is -1.83. The van der Waals surface area contributed by atoms with Crippen LogP contribution in [0.2, 0.25) is 5.02 Å². The number of aromatic nitrogens is 2. The van der Waals surface area contributed by atoms with E-state index in [1.807, 2.05) is 0 Å². The fourth-order valence-corrected chi connectivity index (χ4v) is 2.72. The van der Waals surface area contributed by atoms with Gasteiger partial charge in [0, 0.05) is 18.3 Å². The lowest BCUT2D eigenvalue weighted by molar-refractivity contribution is 0.183. The first-order chi connectivity index (χ1) is 10.5. The molecule has 1 aromatic carbocycles. The molecular formula is C14H16ClN3O3S. The molecule has 2 rings (SSSR count). The van der Waals surface area contributed by atoms with Crippen LogP contribution in [-0.4, -0.2) is 31.9 Å². The summed E-state index contributed by atoms with van der Waals surface area (Å²) in [6.45, 7) is 1.05. The minimum atomic E-state index is -3.63. The van der Waals surface area contributed by atoms with Crippen molar-refractivity contribution in [3.05, 3.63) is 52.7 Å². The second-order valence-corrected chi connectivity index (χ2v) is 6.43. The molecule has 0 aliphatic rings. The van der Waals surface area contributed by atoms with Crippen LogP contribution in [0.1, 0.15) is 5.56 Å². The van der Waals surface area contributed by atoms with Gasteiger partial charge in [0.1, 0.15) is 0 Å². The Labute approximate surface area is 134 Å². The highest BCUT2D eigenvalue weighted by Crippen LogP contribution is 2.17. The topological polar surface area (TPSA) is 73.2 Å². The number of hydrogen-bond donors (Lipinski definition) is 1. The van der Waals surface area contributed by atoms with Gasteiger partial charge in [-0.2, -0.15) is 5.10 Å². The maximum Gasteiger partial charge on any atom is 0.255 e. The normalized spacial score (nSPS) is 11.9. The fourth-order valence-electron chi connectivity index (χ4n) is 1.69. The number of nitrogens with one attached hydrogen (secondary N) is 1. The molecule has 0 aliphatic heterocycles. The van der Waals surface area contributed by atoms with Crippen molar-refractivity contribution in [2.75, 3.05) is 18.4 Å². The third-order valence-corrected chi connectivity index (χ3v) is 4.11. The van der Waals surface area contributed by atoms with Crippen molar-refractivity contribution in [2.24, 2.45) is 0 Å². The molecule has 6 nitrogen and oxygen atoms in total. The summed E-state index contributed by atoms with van der Waals surface area (Å²) >= 11 is 5.97. The van der Waals surface area contributed by atoms with Gasteiger partial charge in [0.05, 0.1) is 30.4 Å². The summed E-state index contributed by atoms with van der Waals surface area (Å²) in [5.41, 5.74) is 1.02. The van der Waals surface area contributed by atoms with Crippen LogP contribution in [-0.2, 0) is 21.3 Å². The number of methoxy groups -OCH3 is 1. The summed E-state index contributed by atoms with van der Waals surface area (Å²) in [4.78, 5) is 0. The first-order valence-electron chi connectivity index (χ1n) is 6.47. The van der Waals surface area contributed by atoms with Gasteiger partial charge in [0.15, 0.2) is 0 Å². The lowest BCUT2D eigenvalue weighted by atomic mass is 10.2. The van der Waals surface area contributed by atoms with E-state index >= 15 is 0 Å². The van der Waals surface area contributed by atoms with Crippen LogP contribution in [0.5, 0.6) is 0 Å². The minimum absolute atomic E-state index is 0.389. The average molecular weight is 342 g/mol. The van der Waals surface area contributed by atoms with Gasteiger partial charge in [-0.05, 0) is 17.7 Å². The summed E-state index contributed by atoms with van der Waals surface area (Å²) in [5.74, 6) is 0. The Morgan fingerprint density at radius 3 is 2.91 bits per heavy atom. The van der Waals surface area contributed by atoms with Crippen molar-refractivity contribution in [1.29, 1.82) is 0 Å². The molecule has 0 amide bonds. The molecule has 0 spiro atoms. The van der Waals surface area contributed by atoms with Crippen molar-refractivity contribution >= 4 is 33.4 Å². The number of benzene rings is 1. The van der Waals surface area contributed by atoms with Crippen molar-refractivity contribution in [1.82, 2.24) is 9.78 Å². The molecule has 0 aliphatic carbocycles. The van der Waals surface area contributed by atoms with E-state index in [2.05, 4.69) is 9.82 Å². The SMILES string of the molecule is COCCn1cc(NS(=O)(=O)/C=C/c2ccccc2Cl)cn1. The van der Waals surface area contributed by atoms with Crippen LogP contribution in [0.3, 0.4) is 0 Å². The summed E-state index contributed by atoms with van der Waals surface area (Å²) in [7, 11) is -2.04. The largest absolute Gasteiger partial charge is 0.383 e. The predicted octanol–water partition coefficient (Wildman–Crippen LogP) is 2.60. The van der Waals surface area contributed by atoms with E-state index in [9.17, 15) is 8.42 Å². The smallest absolute Gasteiger partial charge is 0.255 e. The second-order valence-electron chi connectivity index (χ2n) is 4.46. The van der Waals surface area contributed by atoms with E-state index in [0.717, 1.165) is 5.41 Å². The molecule has 22 heavy (non-hydrogen) atoms. The number of nitrogens with zero attached hydrogens (tertiary/aromatic N) is 2. The van der Waals surface area contributed by atoms with Gasteiger partial charge in [0.25, 0.3) is 10.0 Å². The predicted molar refractivity (Wildman–Crippen MR) is 87.1 cm³/mol. The van der Waals surface area contributed by atoms with E-state index < -0.39 is 10.0 Å². The van der Waals surface area contributed by atoms with Gasteiger partial charge in [-0.25, -0.2) is 8.42 Å². The molecule has 2 aromatic rings. The average Bonchev–Trinajstić information content (AvgIpc) is 2.91. The first kappa shape index (κ1) is 16.5. The van der Waals surface area contributed by atoms with Crippen LogP contribution in [0, 0.1) is 0 Å². The Morgan fingerprint density at radius 1 is 1.41 bits per heavy atom. The molecule has 1 N–H and O–H groups in total. The maximum absolute atomic E-state index is 12.0. The van der Waals surface area contributed by atoms with Gasteiger partial charge in [-0.15, -0.1) is 0 Å². The molecule has 0 radical (unpaired) electrons. The van der Waals surface area contributed by atoms with E-state index in [1.54, 1.807) is 42.3 Å². The molecule has 1 heterocycles. The molecule has 1 aromatic heterocycles. The Balaban J connectivity index is 2.05. The van der Waals surface area contributed by atoms with Crippen molar-refractivity contribution in [2.45, 2.75) is 6.54 Å². The number of halogens is 1. The fraction of sp³-hybridized carbons (Fsp3) is 0.214. The van der Waals surface area contributed by atoms with E-state index in [0.29, 0.717) is 29.4 Å². The Bertz CT molecular complexity index is 756. The van der Waals surface area contributed by atoms with Crippen LogP contribution in [0.25, 0.3) is 6.08 Å². The van der Waals surface area contributed by atoms with E-state index in [1.165, 1.54) is 12.3 Å². The van der Waals surface area contributed by atoms with Crippen LogP contribution in [0.15, 0.2) is 42.1 Å². The zero-order valence-corrected chi connectivity index (χ0v) is 13.5. The molecule has 0 unspecified atom stereocenters. The minimum Gasteiger partial charge on any atom is -0.383 e. The molecule has 118 valence electrons. The van der Waals surface area contributed by atoms with Gasteiger partial charge < -0.3 is 4.74 Å². The first-order valence-corrected chi connectivity index (χ1v) is 8.39. The molecule has 0 bridgehead atoms.